The predicted molar refractivity (Wildman–Crippen MR) is 85.0 cm³/mol. The van der Waals surface area contributed by atoms with E-state index in [-0.39, 0.29) is 23.3 Å². The van der Waals surface area contributed by atoms with Crippen molar-refractivity contribution in [3.05, 3.63) is 22.4 Å². The Morgan fingerprint density at radius 1 is 1.38 bits per heavy atom. The summed E-state index contributed by atoms with van der Waals surface area (Å²) in [6, 6.07) is 3.11. The molecular weight excluding hydrogens is 284 g/mol. The zero-order chi connectivity index (χ0) is 15.8. The number of piperazine rings is 1. The number of nitrogens with one attached hydrogen (secondary N) is 1. The fraction of sp³-hybridized carbons (Fsp3) is 0.625. The Bertz CT molecular complexity index is 519. The topological polar surface area (TPSA) is 49.4 Å². The Morgan fingerprint density at radius 3 is 2.52 bits per heavy atom. The molecular formula is C16H24N2O2S. The van der Waals surface area contributed by atoms with Crippen LogP contribution in [0.1, 0.15) is 52.0 Å². The molecule has 2 heterocycles. The SMILES string of the molecule is CCC(c1cccs1)N1C(=O)C(C(C)(C)C)NC(=O)C1C. The Morgan fingerprint density at radius 2 is 2.05 bits per heavy atom. The largest absolute Gasteiger partial charge is 0.342 e. The second-order valence-corrected chi connectivity index (χ2v) is 7.65. The van der Waals surface area contributed by atoms with Crippen LogP contribution in [0, 0.1) is 5.41 Å². The van der Waals surface area contributed by atoms with Crippen LogP contribution < -0.4 is 5.32 Å². The first-order valence-electron chi connectivity index (χ1n) is 7.43. The monoisotopic (exact) mass is 308 g/mol. The van der Waals surface area contributed by atoms with Gasteiger partial charge in [0.25, 0.3) is 0 Å². The van der Waals surface area contributed by atoms with Crippen LogP contribution in [0.15, 0.2) is 17.5 Å². The number of carbonyl (C=O) groups is 2. The normalized spacial score (nSPS) is 24.9. The smallest absolute Gasteiger partial charge is 0.246 e. The lowest BCUT2D eigenvalue weighted by Crippen LogP contribution is -2.66. The van der Waals surface area contributed by atoms with Crippen LogP contribution in [0.3, 0.4) is 0 Å². The second-order valence-electron chi connectivity index (χ2n) is 6.67. The number of amides is 2. The number of rotatable bonds is 3. The van der Waals surface area contributed by atoms with Crippen molar-refractivity contribution in [3.8, 4) is 0 Å². The number of hydrogen-bond acceptors (Lipinski definition) is 3. The van der Waals surface area contributed by atoms with Gasteiger partial charge >= 0.3 is 0 Å². The molecule has 0 bridgehead atoms. The molecule has 1 aromatic heterocycles. The Balaban J connectivity index is 2.38. The molecule has 1 aliphatic heterocycles. The molecule has 0 saturated carbocycles. The first-order valence-corrected chi connectivity index (χ1v) is 8.31. The van der Waals surface area contributed by atoms with E-state index < -0.39 is 12.1 Å². The molecule has 0 aromatic carbocycles. The molecule has 21 heavy (non-hydrogen) atoms. The van der Waals surface area contributed by atoms with E-state index in [0.29, 0.717) is 0 Å². The van der Waals surface area contributed by atoms with E-state index in [1.54, 1.807) is 16.2 Å². The highest BCUT2D eigenvalue weighted by atomic mass is 32.1. The van der Waals surface area contributed by atoms with Crippen molar-refractivity contribution in [2.24, 2.45) is 5.41 Å². The van der Waals surface area contributed by atoms with E-state index in [2.05, 4.69) is 12.2 Å². The lowest BCUT2D eigenvalue weighted by atomic mass is 9.83. The van der Waals surface area contributed by atoms with Gasteiger partial charge in [-0.25, -0.2) is 0 Å². The maximum atomic E-state index is 12.9. The first kappa shape index (κ1) is 16.0. The zero-order valence-electron chi connectivity index (χ0n) is 13.3. The minimum atomic E-state index is -0.463. The third-order valence-electron chi connectivity index (χ3n) is 4.04. The molecule has 116 valence electrons. The van der Waals surface area contributed by atoms with Gasteiger partial charge in [0.05, 0.1) is 6.04 Å². The summed E-state index contributed by atoms with van der Waals surface area (Å²) in [5.74, 6) is -0.0422. The fourth-order valence-corrected chi connectivity index (χ4v) is 3.73. The molecule has 5 heteroatoms. The maximum absolute atomic E-state index is 12.9. The van der Waals surface area contributed by atoms with Gasteiger partial charge < -0.3 is 10.2 Å². The summed E-state index contributed by atoms with van der Waals surface area (Å²) in [6.45, 7) is 9.81. The quantitative estimate of drug-likeness (QED) is 0.933. The highest BCUT2D eigenvalue weighted by Crippen LogP contribution is 2.34. The summed E-state index contributed by atoms with van der Waals surface area (Å²) in [5, 5.41) is 4.90. The fourth-order valence-electron chi connectivity index (χ4n) is 2.82. The van der Waals surface area contributed by atoms with Crippen LogP contribution in [0.25, 0.3) is 0 Å². The van der Waals surface area contributed by atoms with Crippen molar-refractivity contribution in [2.45, 2.75) is 59.2 Å². The molecule has 0 aliphatic carbocycles. The van der Waals surface area contributed by atoms with E-state index in [4.69, 9.17) is 0 Å². The van der Waals surface area contributed by atoms with Crippen molar-refractivity contribution < 1.29 is 9.59 Å². The summed E-state index contributed by atoms with van der Waals surface area (Å²) in [6.07, 6.45) is 0.806. The predicted octanol–water partition coefficient (Wildman–Crippen LogP) is 2.96. The molecule has 3 atom stereocenters. The summed E-state index contributed by atoms with van der Waals surface area (Å²) in [7, 11) is 0. The van der Waals surface area contributed by atoms with Gasteiger partial charge in [-0.2, -0.15) is 0 Å². The van der Waals surface area contributed by atoms with Crippen molar-refractivity contribution >= 4 is 23.2 Å². The summed E-state index contributed by atoms with van der Waals surface area (Å²) < 4.78 is 0. The molecule has 1 aromatic rings. The third-order valence-corrected chi connectivity index (χ3v) is 5.02. The van der Waals surface area contributed by atoms with Crippen LogP contribution in [-0.2, 0) is 9.59 Å². The van der Waals surface area contributed by atoms with Crippen molar-refractivity contribution in [3.63, 3.8) is 0 Å². The van der Waals surface area contributed by atoms with Crippen LogP contribution >= 0.6 is 11.3 Å². The molecule has 2 rings (SSSR count). The van der Waals surface area contributed by atoms with Crippen LogP contribution in [0.5, 0.6) is 0 Å². The van der Waals surface area contributed by atoms with E-state index in [1.165, 1.54) is 0 Å². The van der Waals surface area contributed by atoms with Gasteiger partial charge in [-0.1, -0.05) is 33.8 Å². The van der Waals surface area contributed by atoms with Crippen LogP contribution in [-0.4, -0.2) is 28.8 Å². The number of carbonyl (C=O) groups excluding carboxylic acids is 2. The number of hydrogen-bond donors (Lipinski definition) is 1. The van der Waals surface area contributed by atoms with E-state index in [0.717, 1.165) is 11.3 Å². The molecule has 0 radical (unpaired) electrons. The minimum Gasteiger partial charge on any atom is -0.342 e. The highest BCUT2D eigenvalue weighted by Gasteiger charge is 2.46. The Hall–Kier alpha value is -1.36. The zero-order valence-corrected chi connectivity index (χ0v) is 14.2. The molecule has 1 saturated heterocycles. The third kappa shape index (κ3) is 2.98. The molecule has 2 amide bonds. The standard InChI is InChI=1S/C16H24N2O2S/c1-6-11(12-8-7-9-21-12)18-10(2)14(19)17-13(15(18)20)16(3,4)5/h7-11,13H,6H2,1-5H3,(H,17,19). The first-order chi connectivity index (χ1) is 9.77. The second kappa shape index (κ2) is 5.79. The van der Waals surface area contributed by atoms with Crippen molar-refractivity contribution in [1.29, 1.82) is 0 Å². The van der Waals surface area contributed by atoms with Gasteiger partial charge in [0, 0.05) is 4.88 Å². The molecule has 0 spiro atoms. The average molecular weight is 308 g/mol. The van der Waals surface area contributed by atoms with Crippen LogP contribution in [0.4, 0.5) is 0 Å². The molecule has 1 fully saturated rings. The van der Waals surface area contributed by atoms with E-state index >= 15 is 0 Å². The van der Waals surface area contributed by atoms with Crippen molar-refractivity contribution in [2.75, 3.05) is 0 Å². The van der Waals surface area contributed by atoms with E-state index in [9.17, 15) is 9.59 Å². The van der Waals surface area contributed by atoms with Gasteiger partial charge in [-0.15, -0.1) is 11.3 Å². The van der Waals surface area contributed by atoms with Gasteiger partial charge in [0.15, 0.2) is 0 Å². The summed E-state index contributed by atoms with van der Waals surface area (Å²) in [5.41, 5.74) is -0.293. The molecule has 4 nitrogen and oxygen atoms in total. The molecule has 3 unspecified atom stereocenters. The number of nitrogens with zero attached hydrogens (tertiary/aromatic N) is 1. The lowest BCUT2D eigenvalue weighted by molar-refractivity contribution is -0.154. The van der Waals surface area contributed by atoms with Gasteiger partial charge in [-0.05, 0) is 30.2 Å². The molecule has 1 N–H and O–H groups in total. The van der Waals surface area contributed by atoms with Gasteiger partial charge in [0.2, 0.25) is 11.8 Å². The van der Waals surface area contributed by atoms with Gasteiger partial charge in [0.1, 0.15) is 12.1 Å². The number of thiophene rings is 1. The molecule has 1 aliphatic rings. The minimum absolute atomic E-state index is 0.0230. The summed E-state index contributed by atoms with van der Waals surface area (Å²) >= 11 is 1.64. The van der Waals surface area contributed by atoms with Crippen LogP contribution in [0.2, 0.25) is 0 Å². The lowest BCUT2D eigenvalue weighted by Gasteiger charge is -2.45. The highest BCUT2D eigenvalue weighted by molar-refractivity contribution is 7.10. The van der Waals surface area contributed by atoms with E-state index in [1.807, 2.05) is 45.2 Å². The van der Waals surface area contributed by atoms with Crippen molar-refractivity contribution in [1.82, 2.24) is 10.2 Å². The maximum Gasteiger partial charge on any atom is 0.246 e. The van der Waals surface area contributed by atoms with Gasteiger partial charge in [-0.3, -0.25) is 9.59 Å². The Labute approximate surface area is 130 Å². The summed E-state index contributed by atoms with van der Waals surface area (Å²) in [4.78, 5) is 28.2. The average Bonchev–Trinajstić information content (AvgIpc) is 2.91. The Kier molecular flexibility index (Phi) is 4.42.